The van der Waals surface area contributed by atoms with Gasteiger partial charge in [0.25, 0.3) is 0 Å². The molecule has 1 aliphatic heterocycles. The fourth-order valence-electron chi connectivity index (χ4n) is 3.04. The third-order valence-corrected chi connectivity index (χ3v) is 4.36. The number of carbonyl (C=O) groups excluding carboxylic acids is 1. The minimum atomic E-state index is -0.475. The SMILES string of the molecule is CN=C(NCCCNC(=O)OC(C)(C)C)NCCc1nnc2n1CCCCC2. The number of nitrogens with zero attached hydrogens (tertiary/aromatic N) is 4. The lowest BCUT2D eigenvalue weighted by Gasteiger charge is -2.19. The van der Waals surface area contributed by atoms with Crippen molar-refractivity contribution in [3.05, 3.63) is 11.6 Å². The van der Waals surface area contributed by atoms with Crippen LogP contribution in [0, 0.1) is 0 Å². The van der Waals surface area contributed by atoms with Crippen molar-refractivity contribution in [3.8, 4) is 0 Å². The van der Waals surface area contributed by atoms with Gasteiger partial charge in [-0.2, -0.15) is 0 Å². The number of aliphatic imine (C=N–C) groups is 1. The van der Waals surface area contributed by atoms with Crippen LogP contribution < -0.4 is 16.0 Å². The summed E-state index contributed by atoms with van der Waals surface area (Å²) in [5, 5.41) is 18.0. The van der Waals surface area contributed by atoms with Crippen molar-refractivity contribution in [1.29, 1.82) is 0 Å². The van der Waals surface area contributed by atoms with Gasteiger partial charge in [0.15, 0.2) is 5.96 Å². The molecule has 1 amide bonds. The third-order valence-electron chi connectivity index (χ3n) is 4.36. The molecule has 0 saturated carbocycles. The van der Waals surface area contributed by atoms with E-state index < -0.39 is 5.60 Å². The number of guanidine groups is 1. The van der Waals surface area contributed by atoms with Crippen LogP contribution >= 0.6 is 0 Å². The number of ether oxygens (including phenoxy) is 1. The minimum absolute atomic E-state index is 0.387. The molecule has 158 valence electrons. The number of hydrogen-bond acceptors (Lipinski definition) is 5. The molecular weight excluding hydrogens is 358 g/mol. The number of fused-ring (bicyclic) bond motifs is 1. The summed E-state index contributed by atoms with van der Waals surface area (Å²) in [6.07, 6.45) is 5.90. The molecule has 9 nitrogen and oxygen atoms in total. The van der Waals surface area contributed by atoms with Crippen LogP contribution in [-0.2, 0) is 24.1 Å². The van der Waals surface area contributed by atoms with Crippen LogP contribution in [0.15, 0.2) is 4.99 Å². The Hall–Kier alpha value is -2.32. The zero-order valence-electron chi connectivity index (χ0n) is 17.7. The first-order valence-corrected chi connectivity index (χ1v) is 10.2. The van der Waals surface area contributed by atoms with Crippen LogP contribution in [0.3, 0.4) is 0 Å². The Balaban J connectivity index is 1.62. The molecule has 9 heteroatoms. The van der Waals surface area contributed by atoms with Crippen molar-refractivity contribution < 1.29 is 9.53 Å². The number of alkyl carbamates (subject to hydrolysis) is 1. The summed E-state index contributed by atoms with van der Waals surface area (Å²) in [5.74, 6) is 2.90. The maximum Gasteiger partial charge on any atom is 0.407 e. The predicted molar refractivity (Wildman–Crippen MR) is 109 cm³/mol. The highest BCUT2D eigenvalue weighted by Crippen LogP contribution is 2.14. The fraction of sp³-hybridized carbons (Fsp3) is 0.789. The first-order chi connectivity index (χ1) is 13.4. The summed E-state index contributed by atoms with van der Waals surface area (Å²) >= 11 is 0. The molecule has 0 saturated heterocycles. The van der Waals surface area contributed by atoms with E-state index in [4.69, 9.17) is 4.74 Å². The van der Waals surface area contributed by atoms with Gasteiger partial charge in [0, 0.05) is 46.1 Å². The predicted octanol–water partition coefficient (Wildman–Crippen LogP) is 1.63. The van der Waals surface area contributed by atoms with Crippen LogP contribution in [0.5, 0.6) is 0 Å². The smallest absolute Gasteiger partial charge is 0.407 e. The number of nitrogens with one attached hydrogen (secondary N) is 3. The van der Waals surface area contributed by atoms with Gasteiger partial charge in [-0.1, -0.05) is 6.42 Å². The largest absolute Gasteiger partial charge is 0.444 e. The number of carbonyl (C=O) groups is 1. The normalized spacial score (nSPS) is 14.8. The summed E-state index contributed by atoms with van der Waals surface area (Å²) in [6.45, 7) is 8.56. The molecule has 28 heavy (non-hydrogen) atoms. The molecule has 3 N–H and O–H groups in total. The van der Waals surface area contributed by atoms with Crippen LogP contribution in [0.2, 0.25) is 0 Å². The maximum atomic E-state index is 11.6. The van der Waals surface area contributed by atoms with E-state index in [1.54, 1.807) is 7.05 Å². The van der Waals surface area contributed by atoms with Gasteiger partial charge < -0.3 is 25.3 Å². The van der Waals surface area contributed by atoms with Crippen molar-refractivity contribution >= 4 is 12.1 Å². The Kier molecular flexibility index (Phi) is 8.53. The highest BCUT2D eigenvalue weighted by Gasteiger charge is 2.16. The van der Waals surface area contributed by atoms with E-state index in [1.807, 2.05) is 20.8 Å². The lowest BCUT2D eigenvalue weighted by Crippen LogP contribution is -2.40. The van der Waals surface area contributed by atoms with Crippen molar-refractivity contribution in [2.24, 2.45) is 4.99 Å². The van der Waals surface area contributed by atoms with Crippen molar-refractivity contribution in [1.82, 2.24) is 30.7 Å². The lowest BCUT2D eigenvalue weighted by atomic mass is 10.2. The molecule has 1 aromatic heterocycles. The Morgan fingerprint density at radius 2 is 1.86 bits per heavy atom. The highest BCUT2D eigenvalue weighted by molar-refractivity contribution is 5.79. The number of aryl methyl sites for hydroxylation is 1. The van der Waals surface area contributed by atoms with Gasteiger partial charge in [-0.25, -0.2) is 4.79 Å². The van der Waals surface area contributed by atoms with E-state index in [0.29, 0.717) is 13.1 Å². The van der Waals surface area contributed by atoms with Gasteiger partial charge in [-0.3, -0.25) is 4.99 Å². The Morgan fingerprint density at radius 1 is 1.11 bits per heavy atom. The molecule has 0 fully saturated rings. The van der Waals surface area contributed by atoms with Gasteiger partial charge in [0.05, 0.1) is 0 Å². The molecule has 1 aromatic rings. The second-order valence-corrected chi connectivity index (χ2v) is 7.95. The van der Waals surface area contributed by atoms with Crippen molar-refractivity contribution in [3.63, 3.8) is 0 Å². The average molecular weight is 394 g/mol. The molecule has 0 aromatic carbocycles. The number of amides is 1. The fourth-order valence-corrected chi connectivity index (χ4v) is 3.04. The quantitative estimate of drug-likeness (QED) is 0.369. The molecular formula is C19H35N7O2. The molecule has 0 aliphatic carbocycles. The van der Waals surface area contributed by atoms with Crippen LogP contribution in [-0.4, -0.2) is 59.1 Å². The Labute approximate surface area is 167 Å². The zero-order valence-corrected chi connectivity index (χ0v) is 17.7. The topological polar surface area (TPSA) is 105 Å². The molecule has 0 radical (unpaired) electrons. The average Bonchev–Trinajstić information content (AvgIpc) is 2.85. The van der Waals surface area contributed by atoms with Gasteiger partial charge >= 0.3 is 6.09 Å². The van der Waals surface area contributed by atoms with E-state index in [9.17, 15) is 4.79 Å². The van der Waals surface area contributed by atoms with Crippen molar-refractivity contribution in [2.75, 3.05) is 26.7 Å². The van der Waals surface area contributed by atoms with Crippen molar-refractivity contribution in [2.45, 2.75) is 71.4 Å². The van der Waals surface area contributed by atoms with Gasteiger partial charge in [-0.05, 0) is 40.0 Å². The first kappa shape index (κ1) is 22.0. The second-order valence-electron chi connectivity index (χ2n) is 7.95. The van der Waals surface area contributed by atoms with E-state index >= 15 is 0 Å². The summed E-state index contributed by atoms with van der Waals surface area (Å²) in [4.78, 5) is 15.8. The lowest BCUT2D eigenvalue weighted by molar-refractivity contribution is 0.0527. The first-order valence-electron chi connectivity index (χ1n) is 10.2. The van der Waals surface area contributed by atoms with E-state index in [-0.39, 0.29) is 6.09 Å². The maximum absolute atomic E-state index is 11.6. The van der Waals surface area contributed by atoms with Gasteiger partial charge in [0.1, 0.15) is 17.2 Å². The molecule has 2 heterocycles. The molecule has 0 bridgehead atoms. The second kappa shape index (κ2) is 10.9. The monoisotopic (exact) mass is 393 g/mol. The molecule has 2 rings (SSSR count). The third kappa shape index (κ3) is 7.74. The summed E-state index contributed by atoms with van der Waals surface area (Å²) in [7, 11) is 1.75. The number of hydrogen-bond donors (Lipinski definition) is 3. The van der Waals surface area contributed by atoms with Crippen LogP contribution in [0.1, 0.15) is 58.1 Å². The molecule has 0 unspecified atom stereocenters. The number of aromatic nitrogens is 3. The zero-order chi connectivity index (χ0) is 20.4. The van der Waals surface area contributed by atoms with Crippen LogP contribution in [0.4, 0.5) is 4.79 Å². The minimum Gasteiger partial charge on any atom is -0.444 e. The van der Waals surface area contributed by atoms with E-state index in [1.165, 1.54) is 19.3 Å². The molecule has 0 atom stereocenters. The van der Waals surface area contributed by atoms with E-state index in [2.05, 4.69) is 35.7 Å². The summed E-state index contributed by atoms with van der Waals surface area (Å²) in [5.41, 5.74) is -0.475. The van der Waals surface area contributed by atoms with E-state index in [0.717, 1.165) is 50.0 Å². The molecule has 1 aliphatic rings. The number of rotatable bonds is 7. The Morgan fingerprint density at radius 3 is 2.61 bits per heavy atom. The van der Waals surface area contributed by atoms with Gasteiger partial charge in [0.2, 0.25) is 0 Å². The Bertz CT molecular complexity index is 649. The molecule has 0 spiro atoms. The summed E-state index contributed by atoms with van der Waals surface area (Å²) in [6, 6.07) is 0. The van der Waals surface area contributed by atoms with Gasteiger partial charge in [-0.15, -0.1) is 10.2 Å². The van der Waals surface area contributed by atoms with Crippen LogP contribution in [0.25, 0.3) is 0 Å². The summed E-state index contributed by atoms with van der Waals surface area (Å²) < 4.78 is 7.47. The highest BCUT2D eigenvalue weighted by atomic mass is 16.6. The standard InChI is InChI=1S/C19H35N7O2/c1-19(2,3)28-18(27)23-12-8-11-21-17(20-4)22-13-10-16-25-24-15-9-6-5-7-14-26(15)16/h5-14H2,1-4H3,(H,23,27)(H2,20,21,22).